The smallest absolute Gasteiger partial charge is 0.266 e. The maximum Gasteiger partial charge on any atom is 0.284 e. The summed E-state index contributed by atoms with van der Waals surface area (Å²) in [7, 11) is 0. The van der Waals surface area contributed by atoms with E-state index in [1.807, 2.05) is 30.3 Å². The second-order valence-corrected chi connectivity index (χ2v) is 3.65. The number of nitrogens with zero attached hydrogens (tertiary/aromatic N) is 1. The molecule has 1 heterocycles. The highest BCUT2D eigenvalue weighted by Crippen LogP contribution is 2.28. The first kappa shape index (κ1) is 10.2. The van der Waals surface area contributed by atoms with Crippen LogP contribution in [-0.2, 0) is 0 Å². The van der Waals surface area contributed by atoms with Gasteiger partial charge in [-0.2, -0.15) is 5.10 Å². The molecule has 1 aromatic carbocycles. The van der Waals surface area contributed by atoms with E-state index in [9.17, 15) is 4.79 Å². The van der Waals surface area contributed by atoms with Gasteiger partial charge in [-0.05, 0) is 0 Å². The molecule has 3 nitrogen and oxygen atoms in total. The topological polar surface area (TPSA) is 45.8 Å². The summed E-state index contributed by atoms with van der Waals surface area (Å²) in [4.78, 5) is 11.1. The third-order valence-electron chi connectivity index (χ3n) is 1.92. The van der Waals surface area contributed by atoms with Crippen LogP contribution in [-0.4, -0.2) is 10.2 Å². The quantitative estimate of drug-likeness (QED) is 0.834. The van der Waals surface area contributed by atoms with E-state index in [2.05, 4.69) is 10.2 Å². The van der Waals surface area contributed by atoms with Crippen LogP contribution in [0.15, 0.2) is 35.1 Å². The van der Waals surface area contributed by atoms with Gasteiger partial charge in [-0.25, -0.2) is 5.10 Å². The van der Waals surface area contributed by atoms with Gasteiger partial charge >= 0.3 is 0 Å². The molecule has 0 atom stereocenters. The lowest BCUT2D eigenvalue weighted by molar-refractivity contribution is 0.996. The highest BCUT2D eigenvalue weighted by Gasteiger charge is 2.11. The zero-order valence-electron chi connectivity index (χ0n) is 7.50. The maximum absolute atomic E-state index is 11.1. The van der Waals surface area contributed by atoms with Crippen molar-refractivity contribution in [3.8, 4) is 11.3 Å². The molecule has 0 fully saturated rings. The van der Waals surface area contributed by atoms with Gasteiger partial charge in [-0.1, -0.05) is 53.5 Å². The predicted octanol–water partition coefficient (Wildman–Crippen LogP) is 2.74. The summed E-state index contributed by atoms with van der Waals surface area (Å²) in [6.45, 7) is 0. The van der Waals surface area contributed by atoms with Crippen LogP contribution in [0.25, 0.3) is 11.3 Å². The van der Waals surface area contributed by atoms with Crippen LogP contribution in [0.4, 0.5) is 0 Å². The molecular weight excluding hydrogens is 235 g/mol. The first-order valence-corrected chi connectivity index (χ1v) is 4.95. The fraction of sp³-hybridized carbons (Fsp3) is 0. The maximum atomic E-state index is 11.1. The van der Waals surface area contributed by atoms with E-state index in [0.29, 0.717) is 5.69 Å². The number of aromatic nitrogens is 2. The Bertz CT molecular complexity index is 537. The zero-order valence-corrected chi connectivity index (χ0v) is 9.01. The summed E-state index contributed by atoms with van der Waals surface area (Å²) in [6, 6.07) is 9.26. The van der Waals surface area contributed by atoms with Gasteiger partial charge in [0.2, 0.25) is 0 Å². The Morgan fingerprint density at radius 1 is 1.07 bits per heavy atom. The molecule has 0 unspecified atom stereocenters. The molecule has 2 aromatic rings. The Kier molecular flexibility index (Phi) is 2.75. The van der Waals surface area contributed by atoms with Gasteiger partial charge in [0, 0.05) is 5.56 Å². The van der Waals surface area contributed by atoms with Crippen molar-refractivity contribution in [1.82, 2.24) is 10.2 Å². The minimum absolute atomic E-state index is 0.0366. The van der Waals surface area contributed by atoms with Gasteiger partial charge < -0.3 is 0 Å². The molecule has 0 aliphatic rings. The molecule has 0 aliphatic heterocycles. The molecule has 5 heteroatoms. The molecule has 1 N–H and O–H groups in total. The van der Waals surface area contributed by atoms with Crippen LogP contribution in [0.1, 0.15) is 0 Å². The predicted molar refractivity (Wildman–Crippen MR) is 60.3 cm³/mol. The Balaban J connectivity index is 2.65. The molecule has 0 bridgehead atoms. The summed E-state index contributed by atoms with van der Waals surface area (Å²) in [5, 5.41) is 6.28. The van der Waals surface area contributed by atoms with Crippen LogP contribution < -0.4 is 5.56 Å². The fourth-order valence-electron chi connectivity index (χ4n) is 1.20. The van der Waals surface area contributed by atoms with Crippen molar-refractivity contribution >= 4 is 23.2 Å². The summed E-state index contributed by atoms with van der Waals surface area (Å²) in [5.41, 5.74) is 0.795. The van der Waals surface area contributed by atoms with Crippen molar-refractivity contribution in [3.05, 3.63) is 50.7 Å². The van der Waals surface area contributed by atoms with Gasteiger partial charge in [0.05, 0.1) is 5.02 Å². The van der Waals surface area contributed by atoms with Crippen molar-refractivity contribution < 1.29 is 0 Å². The van der Waals surface area contributed by atoms with Crippen molar-refractivity contribution in [1.29, 1.82) is 0 Å². The van der Waals surface area contributed by atoms with Gasteiger partial charge in [0.25, 0.3) is 5.56 Å². The Morgan fingerprint density at radius 3 is 2.40 bits per heavy atom. The van der Waals surface area contributed by atoms with Crippen LogP contribution >= 0.6 is 23.2 Å². The molecule has 0 spiro atoms. The third kappa shape index (κ3) is 1.89. The van der Waals surface area contributed by atoms with E-state index in [0.717, 1.165) is 5.56 Å². The second kappa shape index (κ2) is 4.04. The monoisotopic (exact) mass is 240 g/mol. The second-order valence-electron chi connectivity index (χ2n) is 2.90. The van der Waals surface area contributed by atoms with Crippen molar-refractivity contribution in [2.75, 3.05) is 0 Å². The summed E-state index contributed by atoms with van der Waals surface area (Å²) < 4.78 is 0. The first-order valence-electron chi connectivity index (χ1n) is 4.19. The summed E-state index contributed by atoms with van der Waals surface area (Å²) >= 11 is 11.6. The van der Waals surface area contributed by atoms with Crippen molar-refractivity contribution in [3.63, 3.8) is 0 Å². The zero-order chi connectivity index (χ0) is 10.8. The molecule has 0 saturated carbocycles. The Hall–Kier alpha value is -1.32. The normalized spacial score (nSPS) is 10.3. The number of halogens is 2. The lowest BCUT2D eigenvalue weighted by Crippen LogP contribution is -2.09. The summed E-state index contributed by atoms with van der Waals surface area (Å²) in [5.74, 6) is 0. The minimum Gasteiger partial charge on any atom is -0.266 e. The molecule has 2 rings (SSSR count). The van der Waals surface area contributed by atoms with E-state index in [4.69, 9.17) is 23.2 Å². The standard InChI is InChI=1S/C10H6Cl2N2O/c11-7-8(12)10(15)14-13-9(7)6-4-2-1-3-5-6/h1-5H,(H,14,15). The van der Waals surface area contributed by atoms with Crippen LogP contribution in [0, 0.1) is 0 Å². The molecule has 0 saturated heterocycles. The highest BCUT2D eigenvalue weighted by molar-refractivity contribution is 6.43. The van der Waals surface area contributed by atoms with E-state index in [1.165, 1.54) is 0 Å². The number of H-pyrrole nitrogens is 1. The minimum atomic E-state index is -0.485. The van der Waals surface area contributed by atoms with Gasteiger partial charge in [0.15, 0.2) is 0 Å². The van der Waals surface area contributed by atoms with E-state index in [1.54, 1.807) is 0 Å². The van der Waals surface area contributed by atoms with Gasteiger partial charge in [0.1, 0.15) is 10.7 Å². The van der Waals surface area contributed by atoms with Gasteiger partial charge in [-0.15, -0.1) is 0 Å². The van der Waals surface area contributed by atoms with E-state index in [-0.39, 0.29) is 10.0 Å². The first-order chi connectivity index (χ1) is 7.20. The highest BCUT2D eigenvalue weighted by atomic mass is 35.5. The number of nitrogens with one attached hydrogen (secondary N) is 1. The molecular formula is C10H6Cl2N2O. The molecule has 76 valence electrons. The van der Waals surface area contributed by atoms with E-state index >= 15 is 0 Å². The summed E-state index contributed by atoms with van der Waals surface area (Å²) in [6.07, 6.45) is 0. The van der Waals surface area contributed by atoms with Crippen LogP contribution in [0.3, 0.4) is 0 Å². The number of benzene rings is 1. The largest absolute Gasteiger partial charge is 0.284 e. The molecule has 0 radical (unpaired) electrons. The lowest BCUT2D eigenvalue weighted by atomic mass is 10.1. The molecule has 0 aliphatic carbocycles. The van der Waals surface area contributed by atoms with Gasteiger partial charge in [-0.3, -0.25) is 4.79 Å². The number of rotatable bonds is 1. The fourth-order valence-corrected chi connectivity index (χ4v) is 1.56. The lowest BCUT2D eigenvalue weighted by Gasteiger charge is -2.02. The van der Waals surface area contributed by atoms with Crippen molar-refractivity contribution in [2.24, 2.45) is 0 Å². The number of hydrogen-bond acceptors (Lipinski definition) is 2. The molecule has 1 aromatic heterocycles. The average molecular weight is 241 g/mol. The molecule has 15 heavy (non-hydrogen) atoms. The SMILES string of the molecule is O=c1[nH]nc(-c2ccccc2)c(Cl)c1Cl. The van der Waals surface area contributed by atoms with Crippen molar-refractivity contribution in [2.45, 2.75) is 0 Å². The Labute approximate surface area is 95.7 Å². The van der Waals surface area contributed by atoms with Crippen LogP contribution in [0.5, 0.6) is 0 Å². The number of hydrogen-bond donors (Lipinski definition) is 1. The number of aromatic amines is 1. The van der Waals surface area contributed by atoms with E-state index < -0.39 is 5.56 Å². The Morgan fingerprint density at radius 2 is 1.73 bits per heavy atom. The molecule has 0 amide bonds. The third-order valence-corrected chi connectivity index (χ3v) is 2.74. The van der Waals surface area contributed by atoms with Crippen LogP contribution in [0.2, 0.25) is 10.0 Å². The average Bonchev–Trinajstić information content (AvgIpc) is 2.27.